The molecular weight excluding hydrogens is 344 g/mol. The average Bonchev–Trinajstić information content (AvgIpc) is 2.90. The molecule has 1 atom stereocenters. The number of nitro benzene ring substituents is 1. The summed E-state index contributed by atoms with van der Waals surface area (Å²) in [6, 6.07) is 3.87. The smallest absolute Gasteiger partial charge is 0.321 e. The highest BCUT2D eigenvalue weighted by molar-refractivity contribution is 7.94. The van der Waals surface area contributed by atoms with Crippen molar-refractivity contribution in [1.82, 2.24) is 4.98 Å². The molecule has 2 aromatic rings. The van der Waals surface area contributed by atoms with Crippen LogP contribution >= 0.6 is 11.3 Å². The van der Waals surface area contributed by atoms with Crippen molar-refractivity contribution in [3.8, 4) is 0 Å². The normalized spacial score (nSPS) is 13.0. The van der Waals surface area contributed by atoms with Gasteiger partial charge in [0, 0.05) is 12.1 Å². The molecule has 0 bridgehead atoms. The van der Waals surface area contributed by atoms with E-state index in [2.05, 4.69) is 4.98 Å². The molecule has 0 amide bonds. The van der Waals surface area contributed by atoms with E-state index in [0.717, 1.165) is 11.3 Å². The molecule has 124 valence electrons. The fourth-order valence-corrected chi connectivity index (χ4v) is 4.12. The highest BCUT2D eigenvalue weighted by Gasteiger charge is 2.25. The van der Waals surface area contributed by atoms with E-state index in [4.69, 9.17) is 4.74 Å². The number of sulfone groups is 1. The van der Waals surface area contributed by atoms with E-state index < -0.39 is 26.5 Å². The van der Waals surface area contributed by atoms with Gasteiger partial charge in [0.05, 0.1) is 21.2 Å². The lowest BCUT2D eigenvalue weighted by atomic mass is 10.3. The quantitative estimate of drug-likeness (QED) is 0.442. The van der Waals surface area contributed by atoms with E-state index in [1.807, 2.05) is 6.92 Å². The maximum absolute atomic E-state index is 12.2. The van der Waals surface area contributed by atoms with Gasteiger partial charge in [-0.1, -0.05) is 6.92 Å². The number of hydrogen-bond acceptors (Lipinski definition) is 8. The molecule has 0 saturated carbocycles. The third-order valence-corrected chi connectivity index (χ3v) is 6.11. The van der Waals surface area contributed by atoms with Crippen LogP contribution in [0.4, 0.5) is 5.69 Å². The van der Waals surface area contributed by atoms with Crippen molar-refractivity contribution in [2.75, 3.05) is 5.75 Å². The van der Waals surface area contributed by atoms with E-state index >= 15 is 0 Å². The first-order valence-corrected chi connectivity index (χ1v) is 9.17. The summed E-state index contributed by atoms with van der Waals surface area (Å²) in [5.41, 5.74) is 0.177. The number of fused-ring (bicyclic) bond motifs is 1. The first-order chi connectivity index (χ1) is 10.7. The molecule has 0 aliphatic heterocycles. The summed E-state index contributed by atoms with van der Waals surface area (Å²) in [5.74, 6) is -1.65. The molecule has 0 N–H and O–H groups in total. The lowest BCUT2D eigenvalue weighted by Crippen LogP contribution is -2.22. The second-order valence-corrected chi connectivity index (χ2v) is 8.05. The lowest BCUT2D eigenvalue weighted by Gasteiger charge is -2.10. The minimum atomic E-state index is -3.95. The van der Waals surface area contributed by atoms with E-state index in [9.17, 15) is 23.3 Å². The Hall–Kier alpha value is -2.07. The summed E-state index contributed by atoms with van der Waals surface area (Å²) in [7, 11) is -3.95. The molecule has 1 unspecified atom stereocenters. The van der Waals surface area contributed by atoms with Gasteiger partial charge in [-0.3, -0.25) is 14.9 Å². The number of benzene rings is 1. The fourth-order valence-electron chi connectivity index (χ4n) is 1.70. The van der Waals surface area contributed by atoms with E-state index in [1.54, 1.807) is 6.92 Å². The zero-order chi connectivity index (χ0) is 17.2. The van der Waals surface area contributed by atoms with Gasteiger partial charge in [0.25, 0.3) is 5.69 Å². The number of hydrogen-bond donors (Lipinski definition) is 0. The molecule has 0 spiro atoms. The number of carbonyl (C=O) groups is 1. The van der Waals surface area contributed by atoms with Crippen LogP contribution in [0.2, 0.25) is 0 Å². The van der Waals surface area contributed by atoms with Crippen LogP contribution in [0.3, 0.4) is 0 Å². The van der Waals surface area contributed by atoms with Gasteiger partial charge >= 0.3 is 5.97 Å². The standard InChI is InChI=1S/C13H14N2O6S2/c1-3-8(2)21-12(16)7-23(19,20)13-14-10-5-4-9(15(17)18)6-11(10)22-13/h4-6,8H,3,7H2,1-2H3. The summed E-state index contributed by atoms with van der Waals surface area (Å²) in [5, 5.41) is 10.7. The van der Waals surface area contributed by atoms with Crippen LogP contribution in [0.5, 0.6) is 0 Å². The predicted molar refractivity (Wildman–Crippen MR) is 84.2 cm³/mol. The van der Waals surface area contributed by atoms with Gasteiger partial charge in [-0.15, -0.1) is 11.3 Å². The Morgan fingerprint density at radius 2 is 2.17 bits per heavy atom. The molecule has 23 heavy (non-hydrogen) atoms. The fraction of sp³-hybridized carbons (Fsp3) is 0.385. The monoisotopic (exact) mass is 358 g/mol. The zero-order valence-electron chi connectivity index (χ0n) is 12.4. The molecule has 0 aliphatic rings. The largest absolute Gasteiger partial charge is 0.462 e. The Labute approximate surface area is 136 Å². The van der Waals surface area contributed by atoms with Gasteiger partial charge in [-0.05, 0) is 19.4 Å². The highest BCUT2D eigenvalue weighted by atomic mass is 32.2. The predicted octanol–water partition coefficient (Wildman–Crippen LogP) is 2.32. The average molecular weight is 358 g/mol. The first-order valence-electron chi connectivity index (χ1n) is 6.70. The van der Waals surface area contributed by atoms with E-state index in [1.165, 1.54) is 18.2 Å². The molecule has 0 saturated heterocycles. The maximum Gasteiger partial charge on any atom is 0.321 e. The van der Waals surface area contributed by atoms with Crippen molar-refractivity contribution in [1.29, 1.82) is 0 Å². The molecule has 2 rings (SSSR count). The Morgan fingerprint density at radius 1 is 1.48 bits per heavy atom. The SMILES string of the molecule is CCC(C)OC(=O)CS(=O)(=O)c1nc2ccc([N+](=O)[O-])cc2s1. The molecule has 0 fully saturated rings. The number of nitro groups is 1. The van der Waals surface area contributed by atoms with Crippen molar-refractivity contribution in [2.24, 2.45) is 0 Å². The van der Waals surface area contributed by atoms with Crippen molar-refractivity contribution >= 4 is 43.0 Å². The number of aromatic nitrogens is 1. The van der Waals surface area contributed by atoms with Crippen molar-refractivity contribution in [3.63, 3.8) is 0 Å². The summed E-state index contributed by atoms with van der Waals surface area (Å²) in [6.45, 7) is 3.48. The van der Waals surface area contributed by atoms with Crippen LogP contribution < -0.4 is 0 Å². The van der Waals surface area contributed by atoms with Crippen LogP contribution in [0.1, 0.15) is 20.3 Å². The van der Waals surface area contributed by atoms with Gasteiger partial charge in [-0.2, -0.15) is 0 Å². The van der Waals surface area contributed by atoms with Crippen molar-refractivity contribution in [2.45, 2.75) is 30.7 Å². The molecule has 8 nitrogen and oxygen atoms in total. The number of thiazole rings is 1. The van der Waals surface area contributed by atoms with Gasteiger partial charge in [0.1, 0.15) is 0 Å². The summed E-state index contributed by atoms with van der Waals surface area (Å²) >= 11 is 0.791. The molecular formula is C13H14N2O6S2. The van der Waals surface area contributed by atoms with Gasteiger partial charge in [0.2, 0.25) is 14.2 Å². The van der Waals surface area contributed by atoms with Gasteiger partial charge in [0.15, 0.2) is 5.75 Å². The van der Waals surface area contributed by atoms with Crippen LogP contribution in [-0.4, -0.2) is 36.2 Å². The minimum Gasteiger partial charge on any atom is -0.462 e. The second-order valence-electron chi connectivity index (χ2n) is 4.86. The molecule has 1 heterocycles. The minimum absolute atomic E-state index is 0.152. The molecule has 1 aromatic heterocycles. The topological polar surface area (TPSA) is 116 Å². The number of ether oxygens (including phenoxy) is 1. The molecule has 0 aliphatic carbocycles. The maximum atomic E-state index is 12.2. The molecule has 0 radical (unpaired) electrons. The number of carbonyl (C=O) groups excluding carboxylic acids is 1. The van der Waals surface area contributed by atoms with Gasteiger partial charge < -0.3 is 4.74 Å². The molecule has 10 heteroatoms. The van der Waals surface area contributed by atoms with Crippen LogP contribution in [-0.2, 0) is 19.4 Å². The van der Waals surface area contributed by atoms with E-state index in [0.29, 0.717) is 16.6 Å². The Bertz CT molecular complexity index is 858. The van der Waals surface area contributed by atoms with Gasteiger partial charge in [-0.25, -0.2) is 13.4 Å². The summed E-state index contributed by atoms with van der Waals surface area (Å²) in [6.07, 6.45) is 0.215. The van der Waals surface area contributed by atoms with Crippen molar-refractivity contribution < 1.29 is 22.9 Å². The summed E-state index contributed by atoms with van der Waals surface area (Å²) < 4.78 is 29.5. The Morgan fingerprint density at radius 3 is 2.78 bits per heavy atom. The molecule has 1 aromatic carbocycles. The summed E-state index contributed by atoms with van der Waals surface area (Å²) in [4.78, 5) is 25.7. The van der Waals surface area contributed by atoms with Crippen LogP contribution in [0.25, 0.3) is 10.2 Å². The Balaban J connectivity index is 2.27. The highest BCUT2D eigenvalue weighted by Crippen LogP contribution is 2.29. The number of nitrogens with zero attached hydrogens (tertiary/aromatic N) is 2. The Kier molecular flexibility index (Phi) is 4.95. The first kappa shape index (κ1) is 17.3. The third-order valence-electron chi connectivity index (χ3n) is 3.04. The zero-order valence-corrected chi connectivity index (χ0v) is 14.0. The number of rotatable bonds is 6. The third kappa shape index (κ3) is 4.02. The van der Waals surface area contributed by atoms with E-state index in [-0.39, 0.29) is 16.1 Å². The second kappa shape index (κ2) is 6.59. The lowest BCUT2D eigenvalue weighted by molar-refractivity contribution is -0.384. The number of non-ortho nitro benzene ring substituents is 1. The number of esters is 1. The van der Waals surface area contributed by atoms with Crippen LogP contribution in [0.15, 0.2) is 22.5 Å². The van der Waals surface area contributed by atoms with Crippen LogP contribution in [0, 0.1) is 10.1 Å². The van der Waals surface area contributed by atoms with Crippen molar-refractivity contribution in [3.05, 3.63) is 28.3 Å².